The molecule has 4 heteroatoms. The van der Waals surface area contributed by atoms with E-state index in [0.717, 1.165) is 5.56 Å². The fourth-order valence-corrected chi connectivity index (χ4v) is 1.32. The Kier molecular flexibility index (Phi) is 3.56. The van der Waals surface area contributed by atoms with E-state index in [9.17, 15) is 4.79 Å². The molecule has 1 atom stereocenters. The molecule has 0 aromatic heterocycles. The largest absolute Gasteiger partial charge is 0.280 e. The second-order valence-corrected chi connectivity index (χ2v) is 3.94. The Bertz CT molecular complexity index is 284. The van der Waals surface area contributed by atoms with Crippen LogP contribution in [-0.4, -0.2) is 5.24 Å². The average Bonchev–Trinajstić information content (AvgIpc) is 2.04. The molecule has 0 heterocycles. The summed E-state index contributed by atoms with van der Waals surface area (Å²) in [6.07, 6.45) is 0. The van der Waals surface area contributed by atoms with Crippen molar-refractivity contribution in [1.29, 1.82) is 0 Å². The Morgan fingerprint density at radius 2 is 1.83 bits per heavy atom. The predicted octanol–water partition coefficient (Wildman–Crippen LogP) is 3.54. The average molecular weight is 268 g/mol. The normalized spacial score (nSPS) is 12.6. The zero-order chi connectivity index (χ0) is 9.14. The highest BCUT2D eigenvalue weighted by molar-refractivity contribution is 9.09. The summed E-state index contributed by atoms with van der Waals surface area (Å²) in [6.45, 7) is 0. The van der Waals surface area contributed by atoms with E-state index in [2.05, 4.69) is 15.9 Å². The number of hydrogen-bond donors (Lipinski definition) is 0. The highest BCUT2D eigenvalue weighted by Crippen LogP contribution is 2.26. The summed E-state index contributed by atoms with van der Waals surface area (Å²) in [6, 6.07) is 6.93. The third-order valence-electron chi connectivity index (χ3n) is 1.36. The van der Waals surface area contributed by atoms with Gasteiger partial charge in [-0.2, -0.15) is 0 Å². The van der Waals surface area contributed by atoms with Gasteiger partial charge in [-0.1, -0.05) is 39.7 Å². The van der Waals surface area contributed by atoms with Gasteiger partial charge in [0, 0.05) is 5.02 Å². The van der Waals surface area contributed by atoms with Crippen LogP contribution in [0.4, 0.5) is 0 Å². The van der Waals surface area contributed by atoms with E-state index in [0.29, 0.717) is 5.02 Å². The van der Waals surface area contributed by atoms with Gasteiger partial charge in [0.05, 0.1) is 0 Å². The number of carbonyl (C=O) groups is 1. The molecule has 1 aromatic rings. The molecule has 1 aromatic carbocycles. The number of hydrogen-bond acceptors (Lipinski definition) is 1. The summed E-state index contributed by atoms with van der Waals surface area (Å²) in [5, 5.41) is 0.206. The molecule has 12 heavy (non-hydrogen) atoms. The zero-order valence-electron chi connectivity index (χ0n) is 5.93. The third-order valence-corrected chi connectivity index (χ3v) is 3.04. The van der Waals surface area contributed by atoms with Gasteiger partial charge in [-0.3, -0.25) is 4.79 Å². The number of rotatable bonds is 2. The third kappa shape index (κ3) is 2.47. The topological polar surface area (TPSA) is 17.1 Å². The van der Waals surface area contributed by atoms with Gasteiger partial charge in [0.1, 0.15) is 4.83 Å². The number of alkyl halides is 1. The molecule has 1 rings (SSSR count). The van der Waals surface area contributed by atoms with Gasteiger partial charge >= 0.3 is 0 Å². The highest BCUT2D eigenvalue weighted by Gasteiger charge is 2.13. The molecule has 0 unspecified atom stereocenters. The van der Waals surface area contributed by atoms with Crippen molar-refractivity contribution in [2.75, 3.05) is 0 Å². The Morgan fingerprint density at radius 1 is 1.33 bits per heavy atom. The molecule has 0 radical (unpaired) electrons. The minimum atomic E-state index is -0.448. The Balaban J connectivity index is 2.89. The molecule has 0 fully saturated rings. The Labute approximate surface area is 88.8 Å². The van der Waals surface area contributed by atoms with Gasteiger partial charge in [0.2, 0.25) is 5.24 Å². The van der Waals surface area contributed by atoms with Gasteiger partial charge in [-0.05, 0) is 29.3 Å². The zero-order valence-corrected chi connectivity index (χ0v) is 9.03. The lowest BCUT2D eigenvalue weighted by Gasteiger charge is -2.03. The lowest BCUT2D eigenvalue weighted by Crippen LogP contribution is -1.97. The van der Waals surface area contributed by atoms with Gasteiger partial charge in [0.15, 0.2) is 0 Å². The van der Waals surface area contributed by atoms with Crippen LogP contribution in [0.15, 0.2) is 24.3 Å². The van der Waals surface area contributed by atoms with Gasteiger partial charge in [-0.25, -0.2) is 0 Å². The van der Waals surface area contributed by atoms with Crippen LogP contribution < -0.4 is 0 Å². The van der Waals surface area contributed by atoms with E-state index in [4.69, 9.17) is 23.2 Å². The van der Waals surface area contributed by atoms with Crippen molar-refractivity contribution in [3.63, 3.8) is 0 Å². The van der Waals surface area contributed by atoms with E-state index in [-0.39, 0.29) is 0 Å². The number of halogens is 3. The van der Waals surface area contributed by atoms with Crippen LogP contribution in [0.5, 0.6) is 0 Å². The summed E-state index contributed by atoms with van der Waals surface area (Å²) in [5.74, 6) is 0. The molecule has 0 aliphatic heterocycles. The highest BCUT2D eigenvalue weighted by atomic mass is 79.9. The monoisotopic (exact) mass is 266 g/mol. The first kappa shape index (κ1) is 10.0. The molecule has 0 aliphatic rings. The van der Waals surface area contributed by atoms with E-state index in [1.807, 2.05) is 0 Å². The van der Waals surface area contributed by atoms with Crippen LogP contribution >= 0.6 is 39.1 Å². The molecule has 0 spiro atoms. The second kappa shape index (κ2) is 4.26. The van der Waals surface area contributed by atoms with Gasteiger partial charge in [0.25, 0.3) is 0 Å². The SMILES string of the molecule is O=C(Cl)[C@H](Br)c1ccc(Cl)cc1. The quantitative estimate of drug-likeness (QED) is 0.592. The summed E-state index contributed by atoms with van der Waals surface area (Å²) in [7, 11) is 0. The van der Waals surface area contributed by atoms with E-state index >= 15 is 0 Å². The van der Waals surface area contributed by atoms with E-state index in [1.165, 1.54) is 0 Å². The number of carbonyl (C=O) groups excluding carboxylic acids is 1. The molecule has 0 N–H and O–H groups in total. The van der Waals surface area contributed by atoms with Crippen molar-refractivity contribution < 1.29 is 4.79 Å². The molecule has 0 bridgehead atoms. The second-order valence-electron chi connectivity index (χ2n) is 2.22. The fourth-order valence-electron chi connectivity index (χ4n) is 0.763. The standard InChI is InChI=1S/C8H5BrCl2O/c9-7(8(11)12)5-1-3-6(10)4-2-5/h1-4,7H/t7-/m1/s1. The molecule has 64 valence electrons. The first-order chi connectivity index (χ1) is 5.61. The first-order valence-electron chi connectivity index (χ1n) is 3.20. The molecule has 0 saturated carbocycles. The van der Waals surface area contributed by atoms with Crippen LogP contribution in [0.1, 0.15) is 10.4 Å². The maximum atomic E-state index is 10.7. The van der Waals surface area contributed by atoms with E-state index < -0.39 is 10.1 Å². The molecule has 0 saturated heterocycles. The van der Waals surface area contributed by atoms with Crippen molar-refractivity contribution in [3.05, 3.63) is 34.9 Å². The van der Waals surface area contributed by atoms with E-state index in [1.54, 1.807) is 24.3 Å². The van der Waals surface area contributed by atoms with Crippen molar-refractivity contribution in [1.82, 2.24) is 0 Å². The molecule has 0 aliphatic carbocycles. The number of benzene rings is 1. The smallest absolute Gasteiger partial charge is 0.239 e. The van der Waals surface area contributed by atoms with Crippen molar-refractivity contribution in [2.24, 2.45) is 0 Å². The molecular weight excluding hydrogens is 263 g/mol. The van der Waals surface area contributed by atoms with Crippen LogP contribution in [0, 0.1) is 0 Å². The van der Waals surface area contributed by atoms with Crippen molar-refractivity contribution in [2.45, 2.75) is 4.83 Å². The van der Waals surface area contributed by atoms with Gasteiger partial charge < -0.3 is 0 Å². The summed E-state index contributed by atoms with van der Waals surface area (Å²) in [5.41, 5.74) is 0.805. The Morgan fingerprint density at radius 3 is 2.25 bits per heavy atom. The van der Waals surface area contributed by atoms with Crippen LogP contribution in [0.2, 0.25) is 5.02 Å². The predicted molar refractivity (Wildman–Crippen MR) is 54.0 cm³/mol. The minimum Gasteiger partial charge on any atom is -0.280 e. The van der Waals surface area contributed by atoms with Crippen molar-refractivity contribution in [3.8, 4) is 0 Å². The lowest BCUT2D eigenvalue weighted by molar-refractivity contribution is -0.111. The lowest BCUT2D eigenvalue weighted by atomic mass is 10.2. The molecule has 0 amide bonds. The van der Waals surface area contributed by atoms with Crippen LogP contribution in [0.3, 0.4) is 0 Å². The Hall–Kier alpha value is -0.0500. The van der Waals surface area contributed by atoms with Crippen molar-refractivity contribution >= 4 is 44.4 Å². The fraction of sp³-hybridized carbons (Fsp3) is 0.125. The maximum absolute atomic E-state index is 10.7. The minimum absolute atomic E-state index is 0.433. The molecule has 1 nitrogen and oxygen atoms in total. The van der Waals surface area contributed by atoms with Gasteiger partial charge in [-0.15, -0.1) is 0 Å². The van der Waals surface area contributed by atoms with Crippen LogP contribution in [0.25, 0.3) is 0 Å². The van der Waals surface area contributed by atoms with Crippen LogP contribution in [-0.2, 0) is 4.79 Å². The summed E-state index contributed by atoms with van der Waals surface area (Å²) < 4.78 is 0. The summed E-state index contributed by atoms with van der Waals surface area (Å²) >= 11 is 14.1. The molecular formula is C8H5BrCl2O. The maximum Gasteiger partial charge on any atom is 0.239 e. The summed E-state index contributed by atoms with van der Waals surface area (Å²) in [4.78, 5) is 10.3. The first-order valence-corrected chi connectivity index (χ1v) is 4.87.